The first-order chi connectivity index (χ1) is 18.5. The molecule has 3 heterocycles. The Hall–Kier alpha value is -2.96. The van der Waals surface area contributed by atoms with Crippen LogP contribution >= 0.6 is 0 Å². The number of hydrogen-bond donors (Lipinski definition) is 4. The van der Waals surface area contributed by atoms with Crippen LogP contribution in [0.1, 0.15) is 61.5 Å². The van der Waals surface area contributed by atoms with Crippen LogP contribution in [-0.4, -0.2) is 45.3 Å². The van der Waals surface area contributed by atoms with E-state index in [-0.39, 0.29) is 60.2 Å². The van der Waals surface area contributed by atoms with Gasteiger partial charge in [0.25, 0.3) is 0 Å². The van der Waals surface area contributed by atoms with Crippen LogP contribution < -0.4 is 15.8 Å². The molecule has 2 saturated carbocycles. The van der Waals surface area contributed by atoms with Crippen LogP contribution in [0.15, 0.2) is 12.1 Å². The summed E-state index contributed by atoms with van der Waals surface area (Å²) in [4.78, 5) is 4.51. The van der Waals surface area contributed by atoms with Crippen LogP contribution in [0.3, 0.4) is 0 Å². The number of ether oxygens (including phenoxy) is 1. The second kappa shape index (κ2) is 9.03. The zero-order valence-electron chi connectivity index (χ0n) is 21.3. The van der Waals surface area contributed by atoms with Gasteiger partial charge in [0.15, 0.2) is 17.4 Å². The van der Waals surface area contributed by atoms with Gasteiger partial charge in [0.1, 0.15) is 5.69 Å². The molecule has 6 rings (SSSR count). The molecule has 0 radical (unpaired) electrons. The molecule has 4 atom stereocenters. The van der Waals surface area contributed by atoms with Gasteiger partial charge < -0.3 is 30.6 Å². The number of alkyl halides is 3. The summed E-state index contributed by atoms with van der Waals surface area (Å²) in [6.45, 7) is 3.92. The molecule has 3 fully saturated rings. The van der Waals surface area contributed by atoms with Gasteiger partial charge in [0.2, 0.25) is 0 Å². The lowest BCUT2D eigenvalue weighted by molar-refractivity contribution is -0.275. The highest BCUT2D eigenvalue weighted by atomic mass is 19.4. The molecule has 5 N–H and O–H groups in total. The van der Waals surface area contributed by atoms with Crippen LogP contribution in [-0.2, 0) is 6.61 Å². The third kappa shape index (κ3) is 4.15. The average molecular weight is 553 g/mol. The topological polar surface area (TPSA) is 106 Å². The Morgan fingerprint density at radius 3 is 2.51 bits per heavy atom. The van der Waals surface area contributed by atoms with Gasteiger partial charge in [-0.1, -0.05) is 13.8 Å². The van der Waals surface area contributed by atoms with E-state index in [1.807, 2.05) is 13.8 Å². The number of nitrogens with one attached hydrogen (secondary N) is 1. The molecule has 2 aliphatic carbocycles. The number of nitrogen functional groups attached to an aromatic ring is 1. The quantitative estimate of drug-likeness (QED) is 0.250. The van der Waals surface area contributed by atoms with E-state index >= 15 is 4.39 Å². The molecule has 0 bridgehead atoms. The number of hydrogen-bond acceptors (Lipinski definition) is 6. The van der Waals surface area contributed by atoms with Gasteiger partial charge in [-0.15, -0.1) is 13.2 Å². The number of fused-ring (bicyclic) bond motifs is 2. The lowest BCUT2D eigenvalue weighted by atomic mass is 9.95. The van der Waals surface area contributed by atoms with Gasteiger partial charge in [-0.05, 0) is 54.7 Å². The Balaban J connectivity index is 1.66. The van der Waals surface area contributed by atoms with Crippen LogP contribution in [0, 0.1) is 23.5 Å². The van der Waals surface area contributed by atoms with Gasteiger partial charge in [-0.3, -0.25) is 0 Å². The summed E-state index contributed by atoms with van der Waals surface area (Å²) in [6, 6.07) is 1.48. The number of rotatable bonds is 7. The summed E-state index contributed by atoms with van der Waals surface area (Å²) in [7, 11) is 0. The van der Waals surface area contributed by atoms with E-state index in [4.69, 9.17) is 5.73 Å². The van der Waals surface area contributed by atoms with Crippen LogP contribution in [0.2, 0.25) is 0 Å². The fourth-order valence-electron chi connectivity index (χ4n) is 6.56. The van der Waals surface area contributed by atoms with Crippen molar-refractivity contribution in [3.63, 3.8) is 0 Å². The standard InChI is InChI=1S/C27H29F5N4O3/c1-10(2)23-21-20(19-14-7-34-16(8-37)18(14)19)17(9-38)36(12-3-4-12)25(21)22(29)24(35-23)13-5-11(33)6-15(28)26(13)39-27(30,31)32/h5-6,10,12,14,16,18-19,34,37-38H,3-4,7-9,33H2,1-2H3/t14-,16+,18-,19+/m0/s1. The number of piperidine rings is 1. The van der Waals surface area contributed by atoms with E-state index < -0.39 is 35.0 Å². The normalized spacial score (nSPS) is 24.6. The molecule has 2 aromatic heterocycles. The van der Waals surface area contributed by atoms with Gasteiger partial charge in [-0.2, -0.15) is 0 Å². The molecule has 1 saturated heterocycles. The molecule has 1 aromatic carbocycles. The molecule has 0 amide bonds. The minimum atomic E-state index is -5.24. The number of anilines is 1. The molecule has 0 spiro atoms. The maximum Gasteiger partial charge on any atom is 0.573 e. The van der Waals surface area contributed by atoms with Crippen molar-refractivity contribution in [2.24, 2.45) is 11.8 Å². The van der Waals surface area contributed by atoms with Crippen molar-refractivity contribution >= 4 is 16.6 Å². The van der Waals surface area contributed by atoms with Gasteiger partial charge in [0, 0.05) is 34.9 Å². The minimum Gasteiger partial charge on any atom is -0.402 e. The number of pyridine rings is 1. The second-order valence-electron chi connectivity index (χ2n) is 11.0. The number of nitrogens with two attached hydrogens (primary N) is 1. The molecular formula is C27H29F5N4O3. The Morgan fingerprint density at radius 2 is 1.92 bits per heavy atom. The number of halogens is 5. The number of aliphatic hydroxyl groups excluding tert-OH is 2. The highest BCUT2D eigenvalue weighted by molar-refractivity contribution is 5.93. The third-order valence-corrected chi connectivity index (χ3v) is 8.24. The van der Waals surface area contributed by atoms with E-state index in [2.05, 4.69) is 15.0 Å². The number of benzene rings is 1. The Morgan fingerprint density at radius 1 is 1.21 bits per heavy atom. The molecule has 210 valence electrons. The largest absolute Gasteiger partial charge is 0.573 e. The lowest BCUT2D eigenvalue weighted by Crippen LogP contribution is -2.31. The molecule has 1 aliphatic heterocycles. The van der Waals surface area contributed by atoms with E-state index in [0.717, 1.165) is 24.5 Å². The van der Waals surface area contributed by atoms with Gasteiger partial charge in [-0.25, -0.2) is 13.8 Å². The molecule has 7 nitrogen and oxygen atoms in total. The molecule has 12 heteroatoms. The predicted molar refractivity (Wildman–Crippen MR) is 133 cm³/mol. The van der Waals surface area contributed by atoms with E-state index in [1.54, 1.807) is 4.57 Å². The monoisotopic (exact) mass is 552 g/mol. The van der Waals surface area contributed by atoms with Crippen molar-refractivity contribution in [2.75, 3.05) is 18.9 Å². The second-order valence-corrected chi connectivity index (χ2v) is 11.0. The average Bonchev–Trinajstić information content (AvgIpc) is 3.75. The molecular weight excluding hydrogens is 523 g/mol. The predicted octanol–water partition coefficient (Wildman–Crippen LogP) is 4.71. The first kappa shape index (κ1) is 26.3. The van der Waals surface area contributed by atoms with E-state index in [1.165, 1.54) is 0 Å². The van der Waals surface area contributed by atoms with Crippen LogP contribution in [0.4, 0.5) is 27.6 Å². The molecule has 39 heavy (non-hydrogen) atoms. The van der Waals surface area contributed by atoms with Gasteiger partial charge in [0.05, 0.1) is 30.0 Å². The third-order valence-electron chi connectivity index (χ3n) is 8.24. The fourth-order valence-corrected chi connectivity index (χ4v) is 6.56. The van der Waals surface area contributed by atoms with E-state index in [0.29, 0.717) is 29.4 Å². The first-order valence-electron chi connectivity index (χ1n) is 13.0. The highest BCUT2D eigenvalue weighted by Gasteiger charge is 2.60. The van der Waals surface area contributed by atoms with Crippen LogP contribution in [0.25, 0.3) is 22.2 Å². The van der Waals surface area contributed by atoms with Crippen molar-refractivity contribution in [3.05, 3.63) is 40.7 Å². The maximum absolute atomic E-state index is 16.7. The summed E-state index contributed by atoms with van der Waals surface area (Å²) in [5.74, 6) is -3.56. The van der Waals surface area contributed by atoms with Crippen molar-refractivity contribution in [1.29, 1.82) is 0 Å². The molecule has 0 unspecified atom stereocenters. The Labute approximate surface area is 220 Å². The zero-order chi connectivity index (χ0) is 28.0. The van der Waals surface area contributed by atoms with Gasteiger partial charge >= 0.3 is 6.36 Å². The summed E-state index contributed by atoms with van der Waals surface area (Å²) < 4.78 is 76.9. The van der Waals surface area contributed by atoms with Crippen molar-refractivity contribution < 1.29 is 36.9 Å². The van der Waals surface area contributed by atoms with Crippen molar-refractivity contribution in [3.8, 4) is 17.0 Å². The zero-order valence-corrected chi connectivity index (χ0v) is 21.3. The highest BCUT2D eigenvalue weighted by Crippen LogP contribution is 2.62. The maximum atomic E-state index is 16.7. The molecule has 3 aliphatic rings. The van der Waals surface area contributed by atoms with E-state index in [9.17, 15) is 27.8 Å². The summed E-state index contributed by atoms with van der Waals surface area (Å²) >= 11 is 0. The smallest absolute Gasteiger partial charge is 0.402 e. The summed E-state index contributed by atoms with van der Waals surface area (Å²) in [6.07, 6.45) is -3.74. The number of nitrogens with zero attached hydrogens (tertiary/aromatic N) is 2. The number of aromatic nitrogens is 2. The van der Waals surface area contributed by atoms with Crippen LogP contribution in [0.5, 0.6) is 5.75 Å². The first-order valence-corrected chi connectivity index (χ1v) is 13.0. The SMILES string of the molecule is CC(C)c1nc(-c2cc(N)cc(F)c2OC(F)(F)F)c(F)c2c1c([C@@H]1[C@H]3CN[C@H](CO)[C@H]31)c(CO)n2C1CC1. The minimum absolute atomic E-state index is 0.0356. The summed E-state index contributed by atoms with van der Waals surface area (Å²) in [5.41, 5.74) is 6.38. The fraction of sp³-hybridized carbons (Fsp3) is 0.519. The Kier molecular flexibility index (Phi) is 6.09. The lowest BCUT2D eigenvalue weighted by Gasteiger charge is -2.18. The Bertz CT molecular complexity index is 1470. The molecule has 3 aromatic rings. The van der Waals surface area contributed by atoms with Crippen molar-refractivity contribution in [2.45, 2.75) is 63.6 Å². The van der Waals surface area contributed by atoms with Crippen molar-refractivity contribution in [1.82, 2.24) is 14.9 Å². The number of aliphatic hydroxyl groups is 2. The summed E-state index contributed by atoms with van der Waals surface area (Å²) in [5, 5.41) is 24.2.